The summed E-state index contributed by atoms with van der Waals surface area (Å²) in [5.41, 5.74) is 3.28. The summed E-state index contributed by atoms with van der Waals surface area (Å²) in [5, 5.41) is 9.85. The first-order valence-corrected chi connectivity index (χ1v) is 13.1. The van der Waals surface area contributed by atoms with Crippen molar-refractivity contribution >= 4 is 44.2 Å². The number of benzene rings is 2. The number of Topliss-reactive ketones (excluding diaryl/α,β-unsaturated/α-hetero) is 1. The second-order valence-electron chi connectivity index (χ2n) is 7.95. The number of para-hydroxylation sites is 1. The van der Waals surface area contributed by atoms with E-state index in [-0.39, 0.29) is 18.1 Å². The van der Waals surface area contributed by atoms with Crippen LogP contribution < -0.4 is 4.31 Å². The van der Waals surface area contributed by atoms with Gasteiger partial charge < -0.3 is 9.13 Å². The maximum atomic E-state index is 12.9. The molecule has 2 aromatic carbocycles. The molecule has 0 saturated heterocycles. The quantitative estimate of drug-likeness (QED) is 0.281. The number of anilines is 1. The first-order chi connectivity index (χ1) is 15.6. The second kappa shape index (κ2) is 9.03. The van der Waals surface area contributed by atoms with Crippen LogP contribution in [-0.2, 0) is 30.7 Å². The summed E-state index contributed by atoms with van der Waals surface area (Å²) in [7, 11) is 0.165. The zero-order valence-electron chi connectivity index (χ0n) is 18.9. The first kappa shape index (κ1) is 23.1. The molecule has 0 aliphatic rings. The van der Waals surface area contributed by atoms with Gasteiger partial charge in [-0.15, -0.1) is 10.2 Å². The highest BCUT2D eigenvalue weighted by molar-refractivity contribution is 7.99. The molecule has 0 amide bonds. The predicted octanol–water partition coefficient (Wildman–Crippen LogP) is 3.56. The number of nitrogens with zero attached hydrogens (tertiary/aromatic N) is 5. The Labute approximate surface area is 197 Å². The fourth-order valence-electron chi connectivity index (χ4n) is 3.62. The molecule has 0 radical (unpaired) electrons. The van der Waals surface area contributed by atoms with Gasteiger partial charge in [0.2, 0.25) is 10.0 Å². The van der Waals surface area contributed by atoms with Gasteiger partial charge in [-0.05, 0) is 25.1 Å². The molecule has 0 atom stereocenters. The standard InChI is InChI=1S/C23H25N5O3S2/c1-16-9-11-17(12-10-16)28(33(4,30)31)14-22-24-25-23(27(22)3)32-15-21(29)19-13-26(2)20-8-6-5-7-18(19)20/h5-13H,14-15H2,1-4H3. The van der Waals surface area contributed by atoms with Crippen LogP contribution in [-0.4, -0.2) is 45.5 Å². The minimum Gasteiger partial charge on any atom is -0.350 e. The number of fused-ring (bicyclic) bond motifs is 1. The Bertz CT molecular complexity index is 1420. The molecule has 0 bridgehead atoms. The second-order valence-corrected chi connectivity index (χ2v) is 10.8. The lowest BCUT2D eigenvalue weighted by Gasteiger charge is -2.22. The summed E-state index contributed by atoms with van der Waals surface area (Å²) in [5.74, 6) is 0.688. The topological polar surface area (TPSA) is 90.1 Å². The summed E-state index contributed by atoms with van der Waals surface area (Å²) in [6, 6.07) is 15.1. The molecule has 0 aliphatic carbocycles. The van der Waals surface area contributed by atoms with Gasteiger partial charge in [-0.2, -0.15) is 0 Å². The van der Waals surface area contributed by atoms with Gasteiger partial charge in [-0.1, -0.05) is 47.7 Å². The summed E-state index contributed by atoms with van der Waals surface area (Å²) >= 11 is 1.28. The van der Waals surface area contributed by atoms with Gasteiger partial charge in [0.1, 0.15) is 0 Å². The molecule has 2 heterocycles. The van der Waals surface area contributed by atoms with E-state index in [9.17, 15) is 13.2 Å². The molecule has 8 nitrogen and oxygen atoms in total. The number of carbonyl (C=O) groups is 1. The van der Waals surface area contributed by atoms with Crippen molar-refractivity contribution in [1.82, 2.24) is 19.3 Å². The van der Waals surface area contributed by atoms with Gasteiger partial charge in [-0.3, -0.25) is 9.10 Å². The zero-order chi connectivity index (χ0) is 23.8. The van der Waals surface area contributed by atoms with Crippen LogP contribution in [0.5, 0.6) is 0 Å². The van der Waals surface area contributed by atoms with Crippen molar-refractivity contribution in [2.45, 2.75) is 18.6 Å². The molecule has 0 spiro atoms. The van der Waals surface area contributed by atoms with E-state index >= 15 is 0 Å². The summed E-state index contributed by atoms with van der Waals surface area (Å²) in [4.78, 5) is 12.9. The van der Waals surface area contributed by atoms with E-state index in [4.69, 9.17) is 0 Å². The summed E-state index contributed by atoms with van der Waals surface area (Å²) in [6.45, 7) is 1.99. The lowest BCUT2D eigenvalue weighted by atomic mass is 10.1. The monoisotopic (exact) mass is 483 g/mol. The Morgan fingerprint density at radius 1 is 1.06 bits per heavy atom. The molecule has 172 valence electrons. The van der Waals surface area contributed by atoms with Crippen molar-refractivity contribution in [1.29, 1.82) is 0 Å². The lowest BCUT2D eigenvalue weighted by Crippen LogP contribution is -2.30. The molecule has 0 saturated carbocycles. The van der Waals surface area contributed by atoms with Crippen LogP contribution in [0, 0.1) is 6.92 Å². The average Bonchev–Trinajstić information content (AvgIpc) is 3.30. The Morgan fingerprint density at radius 3 is 2.45 bits per heavy atom. The normalized spacial score (nSPS) is 11.8. The largest absolute Gasteiger partial charge is 0.350 e. The molecule has 33 heavy (non-hydrogen) atoms. The van der Waals surface area contributed by atoms with Crippen molar-refractivity contribution in [2.24, 2.45) is 14.1 Å². The van der Waals surface area contributed by atoms with Crippen molar-refractivity contribution < 1.29 is 13.2 Å². The van der Waals surface area contributed by atoms with Crippen LogP contribution >= 0.6 is 11.8 Å². The van der Waals surface area contributed by atoms with Crippen molar-refractivity contribution in [3.05, 3.63) is 71.7 Å². The SMILES string of the molecule is Cc1ccc(N(Cc2nnc(SCC(=O)c3cn(C)c4ccccc34)n2C)S(C)(=O)=O)cc1. The summed E-state index contributed by atoms with van der Waals surface area (Å²) in [6.07, 6.45) is 3.02. The molecular weight excluding hydrogens is 458 g/mol. The van der Waals surface area contributed by atoms with Gasteiger partial charge in [-0.25, -0.2) is 8.42 Å². The van der Waals surface area contributed by atoms with Crippen LogP contribution in [0.15, 0.2) is 59.9 Å². The fraction of sp³-hybridized carbons (Fsp3) is 0.261. The van der Waals surface area contributed by atoms with Crippen LogP contribution in [0.4, 0.5) is 5.69 Å². The van der Waals surface area contributed by atoms with Crippen molar-refractivity contribution in [2.75, 3.05) is 16.3 Å². The molecule has 0 fully saturated rings. The number of ketones is 1. The smallest absolute Gasteiger partial charge is 0.232 e. The Morgan fingerprint density at radius 2 is 1.76 bits per heavy atom. The molecule has 10 heteroatoms. The number of aryl methyl sites for hydroxylation is 2. The first-order valence-electron chi connectivity index (χ1n) is 10.3. The highest BCUT2D eigenvalue weighted by atomic mass is 32.2. The van der Waals surface area contributed by atoms with Gasteiger partial charge in [0.15, 0.2) is 16.8 Å². The maximum Gasteiger partial charge on any atom is 0.232 e. The third-order valence-electron chi connectivity index (χ3n) is 5.46. The third kappa shape index (κ3) is 4.81. The highest BCUT2D eigenvalue weighted by Gasteiger charge is 2.22. The third-order valence-corrected chi connectivity index (χ3v) is 7.62. The Balaban J connectivity index is 1.51. The minimum absolute atomic E-state index is 0.00114. The maximum absolute atomic E-state index is 12.9. The van der Waals surface area contributed by atoms with E-state index in [1.54, 1.807) is 23.7 Å². The Hall–Kier alpha value is -3.11. The number of carbonyl (C=O) groups excluding carboxylic acids is 1. The van der Waals surface area contributed by atoms with Crippen LogP contribution in [0.2, 0.25) is 0 Å². The number of hydrogen-bond donors (Lipinski definition) is 0. The number of sulfonamides is 1. The van der Waals surface area contributed by atoms with Gasteiger partial charge >= 0.3 is 0 Å². The number of thioether (sulfide) groups is 1. The fourth-order valence-corrected chi connectivity index (χ4v) is 5.29. The van der Waals surface area contributed by atoms with Crippen LogP contribution in [0.3, 0.4) is 0 Å². The molecule has 4 rings (SSSR count). The average molecular weight is 484 g/mol. The summed E-state index contributed by atoms with van der Waals surface area (Å²) < 4.78 is 29.8. The highest BCUT2D eigenvalue weighted by Crippen LogP contribution is 2.25. The van der Waals surface area contributed by atoms with E-state index in [1.807, 2.05) is 61.1 Å². The van der Waals surface area contributed by atoms with E-state index < -0.39 is 10.0 Å². The lowest BCUT2D eigenvalue weighted by molar-refractivity contribution is 0.102. The van der Waals surface area contributed by atoms with Gasteiger partial charge in [0, 0.05) is 36.8 Å². The van der Waals surface area contributed by atoms with Gasteiger partial charge in [0.05, 0.1) is 24.2 Å². The minimum atomic E-state index is -3.53. The molecular formula is C23H25N5O3S2. The van der Waals surface area contributed by atoms with E-state index in [0.717, 1.165) is 16.5 Å². The molecule has 2 aromatic heterocycles. The van der Waals surface area contributed by atoms with E-state index in [0.29, 0.717) is 22.2 Å². The molecule has 0 aliphatic heterocycles. The number of hydrogen-bond acceptors (Lipinski definition) is 6. The van der Waals surface area contributed by atoms with Gasteiger partial charge in [0.25, 0.3) is 0 Å². The van der Waals surface area contributed by atoms with Crippen LogP contribution in [0.1, 0.15) is 21.7 Å². The predicted molar refractivity (Wildman–Crippen MR) is 131 cm³/mol. The van der Waals surface area contributed by atoms with E-state index in [2.05, 4.69) is 10.2 Å². The zero-order valence-corrected chi connectivity index (χ0v) is 20.5. The molecule has 0 unspecified atom stereocenters. The van der Waals surface area contributed by atoms with Crippen molar-refractivity contribution in [3.63, 3.8) is 0 Å². The number of rotatable bonds is 8. The molecule has 0 N–H and O–H groups in total. The van der Waals surface area contributed by atoms with E-state index in [1.165, 1.54) is 22.3 Å². The Kier molecular flexibility index (Phi) is 6.31. The molecule has 4 aromatic rings. The number of aromatic nitrogens is 4. The van der Waals surface area contributed by atoms with Crippen LogP contribution in [0.25, 0.3) is 10.9 Å². The van der Waals surface area contributed by atoms with Crippen molar-refractivity contribution in [3.8, 4) is 0 Å².